The molecule has 0 bridgehead atoms. The second-order valence-corrected chi connectivity index (χ2v) is 5.66. The lowest BCUT2D eigenvalue weighted by Gasteiger charge is -2.08. The summed E-state index contributed by atoms with van der Waals surface area (Å²) in [5.74, 6) is 0.987. The molecule has 0 spiro atoms. The zero-order valence-corrected chi connectivity index (χ0v) is 13.5. The minimum absolute atomic E-state index is 0.362. The number of nitrogens with one attached hydrogen (secondary N) is 2. The van der Waals surface area contributed by atoms with E-state index in [2.05, 4.69) is 25.8 Å². The molecule has 0 atom stereocenters. The van der Waals surface area contributed by atoms with Gasteiger partial charge in [0.1, 0.15) is 0 Å². The molecule has 3 aromatic rings. The van der Waals surface area contributed by atoms with Gasteiger partial charge in [-0.25, -0.2) is 0 Å². The van der Waals surface area contributed by atoms with E-state index < -0.39 is 0 Å². The summed E-state index contributed by atoms with van der Waals surface area (Å²) in [4.78, 5) is 4.36. The second kappa shape index (κ2) is 7.26. The van der Waals surface area contributed by atoms with E-state index >= 15 is 0 Å². The van der Waals surface area contributed by atoms with Crippen LogP contribution in [0.2, 0.25) is 10.0 Å². The molecule has 0 aliphatic heterocycles. The molecule has 0 saturated heterocycles. The summed E-state index contributed by atoms with van der Waals surface area (Å²) in [6, 6.07) is 15.2. The Hall–Kier alpha value is -2.37. The molecule has 116 valence electrons. The van der Waals surface area contributed by atoms with E-state index in [-0.39, 0.29) is 0 Å². The predicted octanol–water partition coefficient (Wildman–Crippen LogP) is 4.53. The number of nitrogens with zero attached hydrogens (tertiary/aromatic N) is 3. The molecule has 3 rings (SSSR count). The van der Waals surface area contributed by atoms with E-state index in [0.29, 0.717) is 34.0 Å². The Balaban J connectivity index is 1.69. The second-order valence-electron chi connectivity index (χ2n) is 4.79. The number of anilines is 3. The maximum absolute atomic E-state index is 5.97. The van der Waals surface area contributed by atoms with Crippen LogP contribution in [0.15, 0.2) is 54.7 Å². The van der Waals surface area contributed by atoms with Gasteiger partial charge in [0.25, 0.3) is 0 Å². The molecule has 1 aromatic heterocycles. The first-order valence-electron chi connectivity index (χ1n) is 6.90. The first kappa shape index (κ1) is 15.5. The van der Waals surface area contributed by atoms with Crippen molar-refractivity contribution in [3.05, 3.63) is 70.3 Å². The van der Waals surface area contributed by atoms with Crippen LogP contribution in [0, 0.1) is 0 Å². The molecule has 0 radical (unpaired) electrons. The quantitative estimate of drug-likeness (QED) is 0.710. The fourth-order valence-corrected chi connectivity index (χ4v) is 2.51. The van der Waals surface area contributed by atoms with E-state index in [9.17, 15) is 0 Å². The summed E-state index contributed by atoms with van der Waals surface area (Å²) in [5, 5.41) is 15.2. The van der Waals surface area contributed by atoms with Gasteiger partial charge in [-0.15, -0.1) is 5.10 Å². The van der Waals surface area contributed by atoms with Gasteiger partial charge in [-0.2, -0.15) is 10.1 Å². The molecule has 0 aliphatic rings. The molecule has 23 heavy (non-hydrogen) atoms. The highest BCUT2D eigenvalue weighted by molar-refractivity contribution is 6.35. The first-order chi connectivity index (χ1) is 11.2. The third-order valence-electron chi connectivity index (χ3n) is 2.99. The fourth-order valence-electron chi connectivity index (χ4n) is 1.99. The first-order valence-corrected chi connectivity index (χ1v) is 7.65. The van der Waals surface area contributed by atoms with Crippen molar-refractivity contribution in [2.45, 2.75) is 6.54 Å². The topological polar surface area (TPSA) is 62.7 Å². The lowest BCUT2D eigenvalue weighted by Crippen LogP contribution is -2.05. The van der Waals surface area contributed by atoms with Gasteiger partial charge in [0.05, 0.1) is 6.20 Å². The Kier molecular flexibility index (Phi) is 4.90. The van der Waals surface area contributed by atoms with Crippen molar-refractivity contribution in [2.24, 2.45) is 0 Å². The summed E-state index contributed by atoms with van der Waals surface area (Å²) in [5.41, 5.74) is 1.85. The molecular formula is C16H13Cl2N5. The lowest BCUT2D eigenvalue weighted by atomic mass is 10.2. The Morgan fingerprint density at radius 3 is 2.43 bits per heavy atom. The zero-order chi connectivity index (χ0) is 16.1. The maximum atomic E-state index is 5.97. The Labute approximate surface area is 143 Å². The van der Waals surface area contributed by atoms with Crippen LogP contribution in [0.1, 0.15) is 5.56 Å². The van der Waals surface area contributed by atoms with Crippen molar-refractivity contribution in [2.75, 3.05) is 10.6 Å². The third kappa shape index (κ3) is 4.55. The van der Waals surface area contributed by atoms with Crippen LogP contribution in [0.5, 0.6) is 0 Å². The van der Waals surface area contributed by atoms with Crippen molar-refractivity contribution < 1.29 is 0 Å². The molecule has 2 N–H and O–H groups in total. The van der Waals surface area contributed by atoms with Crippen LogP contribution in [-0.2, 0) is 6.54 Å². The minimum atomic E-state index is 0.362. The highest BCUT2D eigenvalue weighted by Crippen LogP contribution is 2.24. The normalized spacial score (nSPS) is 10.3. The molecule has 7 heteroatoms. The highest BCUT2D eigenvalue weighted by Gasteiger charge is 2.03. The van der Waals surface area contributed by atoms with Gasteiger partial charge in [0.15, 0.2) is 5.82 Å². The van der Waals surface area contributed by atoms with Crippen molar-refractivity contribution in [1.82, 2.24) is 15.2 Å². The van der Waals surface area contributed by atoms with Crippen LogP contribution < -0.4 is 10.6 Å². The van der Waals surface area contributed by atoms with Crippen molar-refractivity contribution >= 4 is 40.7 Å². The molecular weight excluding hydrogens is 333 g/mol. The number of benzene rings is 2. The molecule has 1 heterocycles. The minimum Gasteiger partial charge on any atom is -0.365 e. The van der Waals surface area contributed by atoms with Crippen LogP contribution in [0.25, 0.3) is 0 Å². The molecule has 5 nitrogen and oxygen atoms in total. The van der Waals surface area contributed by atoms with Gasteiger partial charge in [0.2, 0.25) is 5.95 Å². The molecule has 0 amide bonds. The van der Waals surface area contributed by atoms with E-state index in [4.69, 9.17) is 23.2 Å². The largest absolute Gasteiger partial charge is 0.365 e. The Bertz CT molecular complexity index is 775. The van der Waals surface area contributed by atoms with Crippen LogP contribution >= 0.6 is 23.2 Å². The van der Waals surface area contributed by atoms with Crippen LogP contribution in [-0.4, -0.2) is 15.2 Å². The van der Waals surface area contributed by atoms with Gasteiger partial charge in [-0.05, 0) is 23.8 Å². The average molecular weight is 346 g/mol. The smallest absolute Gasteiger partial charge is 0.249 e. The fraction of sp³-hybridized carbons (Fsp3) is 0.0625. The molecule has 0 fully saturated rings. The van der Waals surface area contributed by atoms with Gasteiger partial charge in [-0.1, -0.05) is 53.5 Å². The van der Waals surface area contributed by atoms with Crippen LogP contribution in [0.4, 0.5) is 17.5 Å². The molecule has 0 unspecified atom stereocenters. The van der Waals surface area contributed by atoms with Gasteiger partial charge >= 0.3 is 0 Å². The third-order valence-corrected chi connectivity index (χ3v) is 3.43. The summed E-state index contributed by atoms with van der Waals surface area (Å²) >= 11 is 11.9. The van der Waals surface area contributed by atoms with Crippen molar-refractivity contribution in [1.29, 1.82) is 0 Å². The van der Waals surface area contributed by atoms with Crippen molar-refractivity contribution in [3.63, 3.8) is 0 Å². The highest BCUT2D eigenvalue weighted by atomic mass is 35.5. The zero-order valence-electron chi connectivity index (χ0n) is 12.0. The number of rotatable bonds is 5. The van der Waals surface area contributed by atoms with Gasteiger partial charge in [-0.3, -0.25) is 0 Å². The van der Waals surface area contributed by atoms with E-state index in [0.717, 1.165) is 5.56 Å². The predicted molar refractivity (Wildman–Crippen MR) is 93.3 cm³/mol. The molecule has 0 aliphatic carbocycles. The standard InChI is InChI=1S/C16H13Cl2N5/c17-12-6-13(18)8-14(7-12)21-16-22-15(10-20-23-16)19-9-11-4-2-1-3-5-11/h1-8,10H,9H2,(H2,19,21,22,23). The van der Waals surface area contributed by atoms with Gasteiger partial charge < -0.3 is 10.6 Å². The number of hydrogen-bond donors (Lipinski definition) is 2. The maximum Gasteiger partial charge on any atom is 0.249 e. The van der Waals surface area contributed by atoms with E-state index in [1.807, 2.05) is 30.3 Å². The van der Waals surface area contributed by atoms with Gasteiger partial charge in [0, 0.05) is 22.3 Å². The van der Waals surface area contributed by atoms with Crippen LogP contribution in [0.3, 0.4) is 0 Å². The van der Waals surface area contributed by atoms with E-state index in [1.165, 1.54) is 0 Å². The summed E-state index contributed by atoms with van der Waals surface area (Å²) in [6.45, 7) is 0.655. The Morgan fingerprint density at radius 2 is 1.70 bits per heavy atom. The number of halogens is 2. The number of aromatic nitrogens is 3. The monoisotopic (exact) mass is 345 g/mol. The molecule has 0 saturated carbocycles. The molecule has 2 aromatic carbocycles. The van der Waals surface area contributed by atoms with Crippen molar-refractivity contribution in [3.8, 4) is 0 Å². The SMILES string of the molecule is Clc1cc(Cl)cc(Nc2nncc(NCc3ccccc3)n2)c1. The number of hydrogen-bond acceptors (Lipinski definition) is 5. The van der Waals surface area contributed by atoms with E-state index in [1.54, 1.807) is 24.4 Å². The Morgan fingerprint density at radius 1 is 0.957 bits per heavy atom. The average Bonchev–Trinajstić information content (AvgIpc) is 2.53. The summed E-state index contributed by atoms with van der Waals surface area (Å²) < 4.78 is 0. The summed E-state index contributed by atoms with van der Waals surface area (Å²) in [6.07, 6.45) is 1.57. The summed E-state index contributed by atoms with van der Waals surface area (Å²) in [7, 11) is 0. The lowest BCUT2D eigenvalue weighted by molar-refractivity contribution is 0.966.